The van der Waals surface area contributed by atoms with Crippen LogP contribution < -0.4 is 0 Å². The van der Waals surface area contributed by atoms with Gasteiger partial charge in [0.25, 0.3) is 0 Å². The highest BCUT2D eigenvalue weighted by molar-refractivity contribution is 6.23. The molecule has 1 unspecified atom stereocenters. The average molecular weight is 315 g/mol. The largest absolute Gasteiger partial charge is 0.298 e. The summed E-state index contributed by atoms with van der Waals surface area (Å²) in [5.74, 6) is 1.37. The lowest BCUT2D eigenvalue weighted by Gasteiger charge is -2.67. The molecule has 4 aliphatic heterocycles. The van der Waals surface area contributed by atoms with Crippen LogP contribution in [0.5, 0.6) is 0 Å². The van der Waals surface area contributed by atoms with Crippen LogP contribution in [-0.2, 0) is 10.2 Å². The molecule has 1 aromatic rings. The third kappa shape index (κ3) is 1.13. The fourth-order valence-electron chi connectivity index (χ4n) is 5.88. The van der Waals surface area contributed by atoms with Gasteiger partial charge in [-0.2, -0.15) is 0 Å². The van der Waals surface area contributed by atoms with Crippen LogP contribution in [0.25, 0.3) is 0 Å². The first-order chi connectivity index (χ1) is 10.5. The third-order valence-electron chi connectivity index (χ3n) is 6.76. The first-order valence-corrected chi connectivity index (χ1v) is 8.62. The minimum absolute atomic E-state index is 0.114. The van der Waals surface area contributed by atoms with Crippen molar-refractivity contribution in [2.45, 2.75) is 25.3 Å². The number of nitrogens with zero attached hydrogens (tertiary/aromatic N) is 2. The summed E-state index contributed by atoms with van der Waals surface area (Å²) in [5.41, 5.74) is 2.83. The standard InChI is InChI=1S/C18H19ClN2O/c1-10-11-8-21-9-17(2,15(11)22)16-18(10,14(21)7-19)12-5-3-4-6-13(12)20-16/h3-6,10-11,14H,7-9H2,1-2H3/t10-,11-,14-,17-,18+/m1/s1. The van der Waals surface area contributed by atoms with Crippen LogP contribution in [0.4, 0.5) is 5.69 Å². The topological polar surface area (TPSA) is 32.7 Å². The number of piperidine rings is 3. The zero-order valence-electron chi connectivity index (χ0n) is 12.8. The van der Waals surface area contributed by atoms with E-state index in [2.05, 4.69) is 36.9 Å². The first-order valence-electron chi connectivity index (χ1n) is 8.08. The maximum Gasteiger partial charge on any atom is 0.150 e. The molecule has 6 rings (SSSR count). The van der Waals surface area contributed by atoms with Gasteiger partial charge in [-0.15, -0.1) is 11.6 Å². The van der Waals surface area contributed by atoms with Crippen molar-refractivity contribution in [1.29, 1.82) is 0 Å². The molecule has 4 heterocycles. The van der Waals surface area contributed by atoms with Gasteiger partial charge in [0, 0.05) is 36.6 Å². The molecular formula is C18H19ClN2O. The van der Waals surface area contributed by atoms with Crippen LogP contribution in [0, 0.1) is 17.3 Å². The Kier molecular flexibility index (Phi) is 2.31. The van der Waals surface area contributed by atoms with Crippen LogP contribution in [0.3, 0.4) is 0 Å². The second-order valence-electron chi connectivity index (χ2n) is 7.54. The van der Waals surface area contributed by atoms with Crippen molar-refractivity contribution in [2.75, 3.05) is 19.0 Å². The van der Waals surface area contributed by atoms with Gasteiger partial charge in [-0.3, -0.25) is 14.7 Å². The van der Waals surface area contributed by atoms with Crippen molar-refractivity contribution in [3.63, 3.8) is 0 Å². The molecule has 3 nitrogen and oxygen atoms in total. The number of hydrogen-bond acceptors (Lipinski definition) is 3. The van der Waals surface area contributed by atoms with E-state index in [9.17, 15) is 4.79 Å². The van der Waals surface area contributed by atoms with Crippen molar-refractivity contribution in [1.82, 2.24) is 4.90 Å². The van der Waals surface area contributed by atoms with Crippen LogP contribution in [0.2, 0.25) is 0 Å². The van der Waals surface area contributed by atoms with Gasteiger partial charge < -0.3 is 0 Å². The van der Waals surface area contributed by atoms with Crippen LogP contribution in [0.15, 0.2) is 29.3 Å². The minimum atomic E-state index is -0.434. The van der Waals surface area contributed by atoms with E-state index in [4.69, 9.17) is 16.6 Å². The summed E-state index contributed by atoms with van der Waals surface area (Å²) in [4.78, 5) is 20.5. The smallest absolute Gasteiger partial charge is 0.150 e. The number of benzene rings is 1. The summed E-state index contributed by atoms with van der Waals surface area (Å²) in [6.45, 7) is 5.98. The number of carbonyl (C=O) groups excluding carboxylic acids is 1. The molecule has 4 fully saturated rings. The van der Waals surface area contributed by atoms with Gasteiger partial charge in [0.2, 0.25) is 0 Å². The highest BCUT2D eigenvalue weighted by Crippen LogP contribution is 2.63. The summed E-state index contributed by atoms with van der Waals surface area (Å²) >= 11 is 6.44. The number of hydrogen-bond donors (Lipinski definition) is 0. The molecule has 1 aliphatic carbocycles. The highest BCUT2D eigenvalue weighted by Gasteiger charge is 2.73. The molecule has 114 valence electrons. The van der Waals surface area contributed by atoms with E-state index >= 15 is 0 Å². The van der Waals surface area contributed by atoms with E-state index in [0.717, 1.165) is 24.5 Å². The SMILES string of the molecule is C[C@@H]1[C@H]2CN3C[C@](C)(C2=O)C2=Nc4ccccc4[C@@]21[C@H]3CCl. The molecule has 1 aromatic carbocycles. The monoisotopic (exact) mass is 314 g/mol. The Hall–Kier alpha value is -1.19. The quantitative estimate of drug-likeness (QED) is 0.747. The molecule has 0 radical (unpaired) electrons. The third-order valence-corrected chi connectivity index (χ3v) is 7.05. The van der Waals surface area contributed by atoms with Crippen molar-refractivity contribution < 1.29 is 4.79 Å². The van der Waals surface area contributed by atoms with E-state index in [1.54, 1.807) is 0 Å². The van der Waals surface area contributed by atoms with Gasteiger partial charge in [0.05, 0.1) is 16.5 Å². The number of halogens is 1. The summed E-state index contributed by atoms with van der Waals surface area (Å²) in [5, 5.41) is 0. The van der Waals surface area contributed by atoms with Gasteiger partial charge in [0.1, 0.15) is 5.78 Å². The molecular weight excluding hydrogens is 296 g/mol. The summed E-state index contributed by atoms with van der Waals surface area (Å²) in [6, 6.07) is 8.66. The number of para-hydroxylation sites is 1. The predicted octanol–water partition coefficient (Wildman–Crippen LogP) is 2.79. The predicted molar refractivity (Wildman–Crippen MR) is 87.1 cm³/mol. The summed E-state index contributed by atoms with van der Waals surface area (Å²) in [6.07, 6.45) is 0. The van der Waals surface area contributed by atoms with E-state index in [-0.39, 0.29) is 23.3 Å². The lowest BCUT2D eigenvalue weighted by atomic mass is 9.44. The van der Waals surface area contributed by atoms with Crippen LogP contribution >= 0.6 is 11.6 Å². The van der Waals surface area contributed by atoms with Gasteiger partial charge in [0.15, 0.2) is 0 Å². The van der Waals surface area contributed by atoms with Crippen molar-refractivity contribution in [3.8, 4) is 0 Å². The highest BCUT2D eigenvalue weighted by atomic mass is 35.5. The van der Waals surface area contributed by atoms with E-state index in [0.29, 0.717) is 11.7 Å². The van der Waals surface area contributed by atoms with Crippen molar-refractivity contribution in [2.24, 2.45) is 22.2 Å². The summed E-state index contributed by atoms with van der Waals surface area (Å²) < 4.78 is 0. The van der Waals surface area contributed by atoms with Gasteiger partial charge in [-0.25, -0.2) is 0 Å². The van der Waals surface area contributed by atoms with Crippen molar-refractivity contribution in [3.05, 3.63) is 29.8 Å². The van der Waals surface area contributed by atoms with Gasteiger partial charge >= 0.3 is 0 Å². The number of ketones is 1. The van der Waals surface area contributed by atoms with Crippen LogP contribution in [0.1, 0.15) is 19.4 Å². The normalized spacial score (nSPS) is 47.4. The van der Waals surface area contributed by atoms with E-state index < -0.39 is 5.41 Å². The Labute approximate surface area is 135 Å². The number of rotatable bonds is 1. The Morgan fingerprint density at radius 1 is 1.41 bits per heavy atom. The first kappa shape index (κ1) is 13.3. The number of aliphatic imine (C=N–C) groups is 1. The second-order valence-corrected chi connectivity index (χ2v) is 7.85. The zero-order valence-corrected chi connectivity index (χ0v) is 13.6. The number of fused-ring (bicyclic) bond motifs is 1. The lowest BCUT2D eigenvalue weighted by Crippen LogP contribution is -2.80. The molecule has 1 saturated carbocycles. The van der Waals surface area contributed by atoms with E-state index in [1.807, 2.05) is 6.07 Å². The number of Topliss-reactive ketones (excluding diaryl/α,β-unsaturated/α-hetero) is 1. The molecule has 1 spiro atoms. The molecule has 6 atom stereocenters. The zero-order chi connectivity index (χ0) is 15.3. The van der Waals surface area contributed by atoms with Crippen LogP contribution in [-0.4, -0.2) is 41.4 Å². The number of carbonyl (C=O) groups is 1. The Bertz CT molecular complexity index is 744. The summed E-state index contributed by atoms with van der Waals surface area (Å²) in [7, 11) is 0. The fraction of sp³-hybridized carbons (Fsp3) is 0.556. The molecule has 22 heavy (non-hydrogen) atoms. The molecule has 4 heteroatoms. The Morgan fingerprint density at radius 2 is 2.18 bits per heavy atom. The van der Waals surface area contributed by atoms with Crippen molar-refractivity contribution >= 4 is 28.8 Å². The minimum Gasteiger partial charge on any atom is -0.298 e. The Morgan fingerprint density at radius 3 is 2.95 bits per heavy atom. The average Bonchev–Trinajstić information content (AvgIpc) is 2.87. The molecule has 0 aromatic heterocycles. The second kappa shape index (κ2) is 3.82. The lowest BCUT2D eigenvalue weighted by molar-refractivity contribution is -0.151. The molecule has 3 saturated heterocycles. The number of alkyl halides is 1. The maximum absolute atomic E-state index is 13.1. The van der Waals surface area contributed by atoms with Gasteiger partial charge in [-0.1, -0.05) is 25.1 Å². The molecule has 5 aliphatic rings. The van der Waals surface area contributed by atoms with E-state index in [1.165, 1.54) is 5.56 Å². The maximum atomic E-state index is 13.1. The molecule has 0 amide bonds. The molecule has 4 bridgehead atoms. The molecule has 0 N–H and O–H groups in total. The fourth-order valence-corrected chi connectivity index (χ4v) is 6.31. The van der Waals surface area contributed by atoms with Gasteiger partial charge in [-0.05, 0) is 24.5 Å². The Balaban J connectivity index is 1.88.